The number of H-pyrrole nitrogens is 1. The van der Waals surface area contributed by atoms with E-state index in [0.717, 1.165) is 11.4 Å². The number of hydrogen-bond acceptors (Lipinski definition) is 5. The van der Waals surface area contributed by atoms with Crippen LogP contribution >= 0.6 is 0 Å². The van der Waals surface area contributed by atoms with Crippen LogP contribution in [0.5, 0.6) is 0 Å². The summed E-state index contributed by atoms with van der Waals surface area (Å²) in [5.74, 6) is -6.01. The van der Waals surface area contributed by atoms with Crippen molar-refractivity contribution in [3.8, 4) is 11.3 Å². The molecule has 0 aliphatic heterocycles. The standard InChI is InChI=1S/C24H21F5N4O3/c25-23(26,24(27,28)29)13-36-12-19(35)33-18-11-14(9-10-30-18)21-22(31-15-5-2-1-3-6-15)20-16(32-21)7-4-8-17(20)34/h1-3,5-6,9-11,31-32H,4,7-8,12-13H2,(H,30,33,35). The molecular weight excluding hydrogens is 487 g/mol. The first kappa shape index (κ1) is 25.3. The second kappa shape index (κ2) is 10.1. The van der Waals surface area contributed by atoms with E-state index >= 15 is 0 Å². The number of pyridine rings is 1. The number of aromatic amines is 1. The smallest absolute Gasteiger partial charge is 0.365 e. The molecular formula is C24H21F5N4O3. The van der Waals surface area contributed by atoms with Crippen LogP contribution in [0.4, 0.5) is 39.1 Å². The summed E-state index contributed by atoms with van der Waals surface area (Å²) in [6.07, 6.45) is -2.58. The molecule has 0 unspecified atom stereocenters. The normalized spacial score (nSPS) is 13.9. The Kier molecular flexibility index (Phi) is 7.07. The van der Waals surface area contributed by atoms with E-state index in [9.17, 15) is 31.5 Å². The van der Waals surface area contributed by atoms with Crippen LogP contribution in [-0.4, -0.2) is 47.0 Å². The average molecular weight is 508 g/mol. The number of nitrogens with zero attached hydrogens (tertiary/aromatic N) is 1. The van der Waals surface area contributed by atoms with Gasteiger partial charge in [0, 0.05) is 29.6 Å². The first-order chi connectivity index (χ1) is 17.0. The maximum Gasteiger partial charge on any atom is 0.455 e. The summed E-state index contributed by atoms with van der Waals surface area (Å²) in [4.78, 5) is 32.0. The highest BCUT2D eigenvalue weighted by Crippen LogP contribution is 2.39. The maximum absolute atomic E-state index is 12.9. The average Bonchev–Trinajstić information content (AvgIpc) is 3.18. The largest absolute Gasteiger partial charge is 0.455 e. The van der Waals surface area contributed by atoms with Gasteiger partial charge in [0.15, 0.2) is 5.78 Å². The van der Waals surface area contributed by atoms with Crippen LogP contribution < -0.4 is 10.6 Å². The van der Waals surface area contributed by atoms with Gasteiger partial charge in [-0.1, -0.05) is 18.2 Å². The Morgan fingerprint density at radius 3 is 2.56 bits per heavy atom. The minimum Gasteiger partial charge on any atom is -0.365 e. The number of aromatic nitrogens is 2. The highest BCUT2D eigenvalue weighted by atomic mass is 19.4. The Morgan fingerprint density at radius 1 is 1.08 bits per heavy atom. The van der Waals surface area contributed by atoms with E-state index in [0.29, 0.717) is 41.8 Å². The van der Waals surface area contributed by atoms with Crippen molar-refractivity contribution in [3.05, 3.63) is 59.9 Å². The van der Waals surface area contributed by atoms with Gasteiger partial charge in [0.25, 0.3) is 5.91 Å². The molecule has 2 heterocycles. The molecule has 1 aliphatic carbocycles. The zero-order valence-corrected chi connectivity index (χ0v) is 18.7. The molecule has 0 bridgehead atoms. The third kappa shape index (κ3) is 5.54. The molecule has 1 aliphatic rings. The predicted octanol–water partition coefficient (Wildman–Crippen LogP) is 5.49. The molecule has 3 N–H and O–H groups in total. The van der Waals surface area contributed by atoms with Crippen molar-refractivity contribution in [2.45, 2.75) is 31.4 Å². The number of ketones is 1. The van der Waals surface area contributed by atoms with E-state index in [4.69, 9.17) is 0 Å². The minimum atomic E-state index is -5.78. The van der Waals surface area contributed by atoms with Crippen LogP contribution in [0.15, 0.2) is 48.7 Å². The van der Waals surface area contributed by atoms with Crippen molar-refractivity contribution in [1.82, 2.24) is 9.97 Å². The van der Waals surface area contributed by atoms with E-state index < -0.39 is 31.2 Å². The summed E-state index contributed by atoms with van der Waals surface area (Å²) in [5, 5.41) is 5.60. The Labute approximate surface area is 202 Å². The summed E-state index contributed by atoms with van der Waals surface area (Å²) in [7, 11) is 0. The summed E-state index contributed by atoms with van der Waals surface area (Å²) >= 11 is 0. The lowest BCUT2D eigenvalue weighted by Crippen LogP contribution is -2.41. The van der Waals surface area contributed by atoms with Crippen molar-refractivity contribution in [2.24, 2.45) is 0 Å². The third-order valence-corrected chi connectivity index (χ3v) is 5.48. The van der Waals surface area contributed by atoms with E-state index in [2.05, 4.69) is 25.3 Å². The van der Waals surface area contributed by atoms with Gasteiger partial charge in [-0.2, -0.15) is 22.0 Å². The number of carbonyl (C=O) groups is 2. The van der Waals surface area contributed by atoms with Gasteiger partial charge in [0.2, 0.25) is 0 Å². The van der Waals surface area contributed by atoms with E-state index in [1.54, 1.807) is 6.07 Å². The van der Waals surface area contributed by atoms with Crippen molar-refractivity contribution in [1.29, 1.82) is 0 Å². The lowest BCUT2D eigenvalue weighted by molar-refractivity contribution is -0.296. The van der Waals surface area contributed by atoms with Crippen LogP contribution in [0.3, 0.4) is 0 Å². The lowest BCUT2D eigenvalue weighted by atomic mass is 9.95. The van der Waals surface area contributed by atoms with Gasteiger partial charge in [-0.15, -0.1) is 0 Å². The molecule has 12 heteroatoms. The molecule has 7 nitrogen and oxygen atoms in total. The fourth-order valence-electron chi connectivity index (χ4n) is 3.79. The van der Waals surface area contributed by atoms with Gasteiger partial charge >= 0.3 is 12.1 Å². The summed E-state index contributed by atoms with van der Waals surface area (Å²) in [6.45, 7) is -3.00. The van der Waals surface area contributed by atoms with E-state index in [-0.39, 0.29) is 11.6 Å². The van der Waals surface area contributed by atoms with Crippen LogP contribution in [0.2, 0.25) is 0 Å². The number of Topliss-reactive ketones (excluding diaryl/α,β-unsaturated/α-hetero) is 1. The summed E-state index contributed by atoms with van der Waals surface area (Å²) < 4.78 is 66.8. The molecule has 1 amide bonds. The number of alkyl halides is 5. The number of benzene rings is 1. The van der Waals surface area contributed by atoms with Gasteiger partial charge in [-0.05, 0) is 37.1 Å². The van der Waals surface area contributed by atoms with Crippen LogP contribution in [0, 0.1) is 0 Å². The number of hydrogen-bond donors (Lipinski definition) is 3. The number of fused-ring (bicyclic) bond motifs is 1. The van der Waals surface area contributed by atoms with Gasteiger partial charge in [0.05, 0.1) is 16.9 Å². The molecule has 0 saturated carbocycles. The number of carbonyl (C=O) groups excluding carboxylic acids is 2. The molecule has 2 aromatic heterocycles. The Morgan fingerprint density at radius 2 is 1.83 bits per heavy atom. The number of nitrogens with one attached hydrogen (secondary N) is 3. The van der Waals surface area contributed by atoms with Gasteiger partial charge in [-0.25, -0.2) is 4.98 Å². The number of halogens is 5. The fourth-order valence-corrected chi connectivity index (χ4v) is 3.79. The zero-order valence-electron chi connectivity index (χ0n) is 18.7. The SMILES string of the molecule is O=C(COCC(F)(F)C(F)(F)F)Nc1cc(-c2[nH]c3c(c2Nc2ccccc2)C(=O)CCC3)ccn1. The van der Waals surface area contributed by atoms with Crippen molar-refractivity contribution in [3.63, 3.8) is 0 Å². The molecule has 0 atom stereocenters. The first-order valence-electron chi connectivity index (χ1n) is 10.9. The molecule has 190 valence electrons. The highest BCUT2D eigenvalue weighted by molar-refractivity contribution is 6.07. The summed E-state index contributed by atoms with van der Waals surface area (Å²) in [6, 6.07) is 12.4. The third-order valence-electron chi connectivity index (χ3n) is 5.48. The maximum atomic E-state index is 12.9. The molecule has 4 rings (SSSR count). The second-order valence-corrected chi connectivity index (χ2v) is 8.17. The van der Waals surface area contributed by atoms with Gasteiger partial charge in [0.1, 0.15) is 19.0 Å². The van der Waals surface area contributed by atoms with Crippen LogP contribution in [-0.2, 0) is 16.0 Å². The van der Waals surface area contributed by atoms with Gasteiger partial charge in [-0.3, -0.25) is 9.59 Å². The van der Waals surface area contributed by atoms with Crippen LogP contribution in [0.25, 0.3) is 11.3 Å². The quantitative estimate of drug-likeness (QED) is 0.350. The molecule has 0 saturated heterocycles. The topological polar surface area (TPSA) is 96.1 Å². The number of anilines is 3. The molecule has 36 heavy (non-hydrogen) atoms. The molecule has 1 aromatic carbocycles. The molecule has 0 fully saturated rings. The lowest BCUT2D eigenvalue weighted by Gasteiger charge is -2.19. The number of aryl methyl sites for hydroxylation is 1. The Balaban J connectivity index is 1.53. The van der Waals surface area contributed by atoms with Crippen molar-refractivity contribution < 1.29 is 36.3 Å². The molecule has 0 radical (unpaired) electrons. The molecule has 3 aromatic rings. The summed E-state index contributed by atoms with van der Waals surface area (Å²) in [5.41, 5.74) is 3.81. The second-order valence-electron chi connectivity index (χ2n) is 8.17. The Hall–Kier alpha value is -3.80. The van der Waals surface area contributed by atoms with Crippen molar-refractivity contribution in [2.75, 3.05) is 23.8 Å². The van der Waals surface area contributed by atoms with E-state index in [1.807, 2.05) is 30.3 Å². The fraction of sp³-hybridized carbons (Fsp3) is 0.292. The first-order valence-corrected chi connectivity index (χ1v) is 10.9. The van der Waals surface area contributed by atoms with Crippen molar-refractivity contribution >= 4 is 28.9 Å². The number of amides is 1. The minimum absolute atomic E-state index is 0.00688. The number of ether oxygens (including phenoxy) is 1. The zero-order chi connectivity index (χ0) is 25.9. The monoisotopic (exact) mass is 508 g/mol. The predicted molar refractivity (Wildman–Crippen MR) is 121 cm³/mol. The van der Waals surface area contributed by atoms with E-state index in [1.165, 1.54) is 12.3 Å². The highest BCUT2D eigenvalue weighted by Gasteiger charge is 2.57. The molecule has 0 spiro atoms. The Bertz CT molecular complexity index is 1260. The van der Waals surface area contributed by atoms with Gasteiger partial charge < -0.3 is 20.4 Å². The number of rotatable bonds is 8. The number of para-hydroxylation sites is 1. The van der Waals surface area contributed by atoms with Crippen LogP contribution in [0.1, 0.15) is 28.9 Å².